The lowest BCUT2D eigenvalue weighted by atomic mass is 10.1. The number of halogens is 3. The highest BCUT2D eigenvalue weighted by Gasteiger charge is 2.19. The fraction of sp³-hybridized carbons (Fsp3) is 0.300. The number of amides is 3. The fourth-order valence-corrected chi connectivity index (χ4v) is 3.12. The first-order valence-electron chi connectivity index (χ1n) is 8.93. The standard InChI is InChI=1S/C20H22Cl2FN3O2/c1-2-4-18(26-20(28)25-16-6-3-5-15(23)12-16)19(27)24-10-9-13-7-8-14(21)11-17(13)22/h3,5-8,11-12,18H,2,4,9-10H2,1H3,(H,24,27)(H2,25,26,28). The Morgan fingerprint density at radius 1 is 1.14 bits per heavy atom. The molecule has 0 aliphatic heterocycles. The first-order valence-corrected chi connectivity index (χ1v) is 9.69. The molecule has 1 unspecified atom stereocenters. The van der Waals surface area contributed by atoms with Crippen molar-refractivity contribution in [2.45, 2.75) is 32.2 Å². The highest BCUT2D eigenvalue weighted by atomic mass is 35.5. The zero-order chi connectivity index (χ0) is 20.5. The van der Waals surface area contributed by atoms with Crippen molar-refractivity contribution in [2.24, 2.45) is 0 Å². The summed E-state index contributed by atoms with van der Waals surface area (Å²) in [5, 5.41) is 9.04. The molecule has 150 valence electrons. The number of carbonyl (C=O) groups excluding carboxylic acids is 2. The second kappa shape index (κ2) is 10.9. The van der Waals surface area contributed by atoms with E-state index in [4.69, 9.17) is 23.2 Å². The predicted octanol–water partition coefficient (Wildman–Crippen LogP) is 4.78. The van der Waals surface area contributed by atoms with Crippen LogP contribution in [0, 0.1) is 5.82 Å². The SMILES string of the molecule is CCCC(NC(=O)Nc1cccc(F)c1)C(=O)NCCc1ccc(Cl)cc1Cl. The smallest absolute Gasteiger partial charge is 0.319 e. The minimum absolute atomic E-state index is 0.290. The Morgan fingerprint density at radius 2 is 1.93 bits per heavy atom. The molecule has 8 heteroatoms. The van der Waals surface area contributed by atoms with Crippen LogP contribution in [0.15, 0.2) is 42.5 Å². The highest BCUT2D eigenvalue weighted by Crippen LogP contribution is 2.21. The van der Waals surface area contributed by atoms with Crippen molar-refractivity contribution in [3.63, 3.8) is 0 Å². The molecule has 3 amide bonds. The van der Waals surface area contributed by atoms with Crippen molar-refractivity contribution in [1.29, 1.82) is 0 Å². The molecule has 0 aliphatic rings. The maximum Gasteiger partial charge on any atom is 0.319 e. The van der Waals surface area contributed by atoms with Gasteiger partial charge in [0.05, 0.1) is 0 Å². The maximum absolute atomic E-state index is 13.2. The van der Waals surface area contributed by atoms with E-state index in [1.807, 2.05) is 13.0 Å². The van der Waals surface area contributed by atoms with Gasteiger partial charge in [0.1, 0.15) is 11.9 Å². The van der Waals surface area contributed by atoms with E-state index in [9.17, 15) is 14.0 Å². The van der Waals surface area contributed by atoms with Gasteiger partial charge >= 0.3 is 6.03 Å². The van der Waals surface area contributed by atoms with Gasteiger partial charge in [0.15, 0.2) is 0 Å². The molecule has 2 aromatic rings. The number of benzene rings is 2. The summed E-state index contributed by atoms with van der Waals surface area (Å²) in [5.74, 6) is -0.747. The van der Waals surface area contributed by atoms with Crippen molar-refractivity contribution in [1.82, 2.24) is 10.6 Å². The second-order valence-corrected chi connectivity index (χ2v) is 7.07. The lowest BCUT2D eigenvalue weighted by molar-refractivity contribution is -0.123. The fourth-order valence-electron chi connectivity index (χ4n) is 2.62. The van der Waals surface area contributed by atoms with E-state index in [1.165, 1.54) is 18.2 Å². The number of nitrogens with one attached hydrogen (secondary N) is 3. The molecule has 0 saturated carbocycles. The summed E-state index contributed by atoms with van der Waals surface area (Å²) in [7, 11) is 0. The molecule has 0 fully saturated rings. The van der Waals surface area contributed by atoms with E-state index in [-0.39, 0.29) is 5.91 Å². The molecule has 0 saturated heterocycles. The summed E-state index contributed by atoms with van der Waals surface area (Å²) in [6.07, 6.45) is 1.72. The third kappa shape index (κ3) is 7.02. The van der Waals surface area contributed by atoms with Crippen LogP contribution >= 0.6 is 23.2 Å². The first-order chi connectivity index (χ1) is 13.4. The summed E-state index contributed by atoms with van der Waals surface area (Å²) in [6.45, 7) is 2.29. The molecule has 2 rings (SSSR count). The van der Waals surface area contributed by atoms with E-state index in [1.54, 1.807) is 18.2 Å². The Balaban J connectivity index is 1.87. The summed E-state index contributed by atoms with van der Waals surface area (Å²) in [4.78, 5) is 24.6. The van der Waals surface area contributed by atoms with Crippen molar-refractivity contribution < 1.29 is 14.0 Å². The van der Waals surface area contributed by atoms with Gasteiger partial charge in [-0.25, -0.2) is 9.18 Å². The van der Waals surface area contributed by atoms with E-state index < -0.39 is 17.9 Å². The van der Waals surface area contributed by atoms with E-state index in [0.29, 0.717) is 41.5 Å². The van der Waals surface area contributed by atoms with Crippen LogP contribution in [-0.4, -0.2) is 24.5 Å². The largest absolute Gasteiger partial charge is 0.354 e. The van der Waals surface area contributed by atoms with E-state index in [0.717, 1.165) is 5.56 Å². The molecule has 28 heavy (non-hydrogen) atoms. The van der Waals surface area contributed by atoms with Crippen LogP contribution in [0.5, 0.6) is 0 Å². The topological polar surface area (TPSA) is 70.2 Å². The van der Waals surface area contributed by atoms with Crippen molar-refractivity contribution in [2.75, 3.05) is 11.9 Å². The maximum atomic E-state index is 13.2. The Bertz CT molecular complexity index is 833. The summed E-state index contributed by atoms with van der Waals surface area (Å²) in [5.41, 5.74) is 1.18. The molecule has 0 aliphatic carbocycles. The lowest BCUT2D eigenvalue weighted by Gasteiger charge is -2.18. The average molecular weight is 426 g/mol. The molecular weight excluding hydrogens is 404 g/mol. The van der Waals surface area contributed by atoms with Crippen LogP contribution in [0.25, 0.3) is 0 Å². The van der Waals surface area contributed by atoms with Gasteiger partial charge in [-0.15, -0.1) is 0 Å². The molecule has 1 atom stereocenters. The minimum atomic E-state index is -0.695. The van der Waals surface area contributed by atoms with Gasteiger partial charge in [0, 0.05) is 22.3 Å². The predicted molar refractivity (Wildman–Crippen MR) is 110 cm³/mol. The molecule has 0 heterocycles. The van der Waals surface area contributed by atoms with Crippen LogP contribution in [0.4, 0.5) is 14.9 Å². The van der Waals surface area contributed by atoms with E-state index in [2.05, 4.69) is 16.0 Å². The zero-order valence-corrected chi connectivity index (χ0v) is 16.9. The van der Waals surface area contributed by atoms with Gasteiger partial charge < -0.3 is 16.0 Å². The first kappa shape index (κ1) is 22.0. The Morgan fingerprint density at radius 3 is 2.61 bits per heavy atom. The summed E-state index contributed by atoms with van der Waals surface area (Å²) < 4.78 is 13.2. The van der Waals surface area contributed by atoms with Crippen LogP contribution in [0.3, 0.4) is 0 Å². The normalized spacial score (nSPS) is 11.6. The van der Waals surface area contributed by atoms with Crippen LogP contribution < -0.4 is 16.0 Å². The molecule has 2 aromatic carbocycles. The Labute approximate surface area is 173 Å². The second-order valence-electron chi connectivity index (χ2n) is 6.23. The third-order valence-electron chi connectivity index (χ3n) is 3.99. The number of carbonyl (C=O) groups is 2. The van der Waals surface area contributed by atoms with Crippen LogP contribution in [-0.2, 0) is 11.2 Å². The van der Waals surface area contributed by atoms with Gasteiger partial charge in [-0.2, -0.15) is 0 Å². The van der Waals surface area contributed by atoms with Gasteiger partial charge in [-0.05, 0) is 48.7 Å². The van der Waals surface area contributed by atoms with Gasteiger partial charge in [0.25, 0.3) is 0 Å². The molecule has 5 nitrogen and oxygen atoms in total. The molecular formula is C20H22Cl2FN3O2. The molecule has 0 radical (unpaired) electrons. The highest BCUT2D eigenvalue weighted by molar-refractivity contribution is 6.35. The number of hydrogen-bond acceptors (Lipinski definition) is 2. The van der Waals surface area contributed by atoms with Crippen molar-refractivity contribution >= 4 is 40.8 Å². The number of rotatable bonds is 8. The summed E-state index contributed by atoms with van der Waals surface area (Å²) >= 11 is 12.0. The molecule has 0 aromatic heterocycles. The van der Waals surface area contributed by atoms with Crippen LogP contribution in [0.2, 0.25) is 10.0 Å². The van der Waals surface area contributed by atoms with Gasteiger partial charge in [-0.3, -0.25) is 4.79 Å². The Hall–Kier alpha value is -2.31. The Kier molecular flexibility index (Phi) is 8.54. The summed E-state index contributed by atoms with van der Waals surface area (Å²) in [6, 6.07) is 9.47. The van der Waals surface area contributed by atoms with Gasteiger partial charge in [-0.1, -0.05) is 48.7 Å². The zero-order valence-electron chi connectivity index (χ0n) is 15.4. The van der Waals surface area contributed by atoms with Gasteiger partial charge in [0.2, 0.25) is 5.91 Å². The molecule has 0 bridgehead atoms. The lowest BCUT2D eigenvalue weighted by Crippen LogP contribution is -2.48. The average Bonchev–Trinajstić information content (AvgIpc) is 2.63. The monoisotopic (exact) mass is 425 g/mol. The molecule has 3 N–H and O–H groups in total. The number of anilines is 1. The van der Waals surface area contributed by atoms with Crippen molar-refractivity contribution in [3.05, 3.63) is 63.9 Å². The number of hydrogen-bond donors (Lipinski definition) is 3. The van der Waals surface area contributed by atoms with Crippen molar-refractivity contribution in [3.8, 4) is 0 Å². The number of urea groups is 1. The van der Waals surface area contributed by atoms with Crippen LogP contribution in [0.1, 0.15) is 25.3 Å². The minimum Gasteiger partial charge on any atom is -0.354 e. The quantitative estimate of drug-likeness (QED) is 0.569. The van der Waals surface area contributed by atoms with E-state index >= 15 is 0 Å². The molecule has 0 spiro atoms. The third-order valence-corrected chi connectivity index (χ3v) is 4.58.